The lowest BCUT2D eigenvalue weighted by Crippen LogP contribution is -2.47. The number of carbonyl (C=O) groups is 2. The van der Waals surface area contributed by atoms with Crippen LogP contribution in [0, 0.1) is 6.92 Å². The fourth-order valence-corrected chi connectivity index (χ4v) is 4.27. The van der Waals surface area contributed by atoms with Crippen LogP contribution >= 0.6 is 0 Å². The van der Waals surface area contributed by atoms with Gasteiger partial charge in [-0.1, -0.05) is 42.5 Å². The molecule has 4 rings (SSSR count). The second-order valence-corrected chi connectivity index (χ2v) is 8.13. The molecule has 3 N–H and O–H groups in total. The Hall–Kier alpha value is -4.33. The Bertz CT molecular complexity index is 1400. The molecule has 0 radical (unpaired) electrons. The monoisotopic (exact) mass is 471 g/mol. The fourth-order valence-electron chi connectivity index (χ4n) is 4.27. The molecule has 0 spiro atoms. The van der Waals surface area contributed by atoms with Crippen molar-refractivity contribution in [1.29, 1.82) is 0 Å². The lowest BCUT2D eigenvalue weighted by molar-refractivity contribution is -0.123. The number of aromatic amines is 1. The molecule has 8 nitrogen and oxygen atoms in total. The third kappa shape index (κ3) is 5.11. The van der Waals surface area contributed by atoms with Crippen LogP contribution in [0.25, 0.3) is 21.8 Å². The zero-order valence-electron chi connectivity index (χ0n) is 19.9. The number of allylic oxidation sites excluding steroid dienone is 1. The van der Waals surface area contributed by atoms with Gasteiger partial charge in [0.2, 0.25) is 0 Å². The van der Waals surface area contributed by atoms with Crippen molar-refractivity contribution < 1.29 is 14.3 Å². The van der Waals surface area contributed by atoms with Gasteiger partial charge < -0.3 is 19.6 Å². The van der Waals surface area contributed by atoms with Crippen LogP contribution in [0.5, 0.6) is 0 Å². The molecule has 1 atom stereocenters. The molecule has 2 aromatic carbocycles. The molecule has 2 heterocycles. The molecule has 4 aromatic rings. The van der Waals surface area contributed by atoms with Crippen LogP contribution in [-0.4, -0.2) is 40.4 Å². The molecule has 0 fully saturated rings. The van der Waals surface area contributed by atoms with Gasteiger partial charge in [-0.2, -0.15) is 5.10 Å². The summed E-state index contributed by atoms with van der Waals surface area (Å²) in [7, 11) is 0. The van der Waals surface area contributed by atoms with Crippen molar-refractivity contribution >= 4 is 40.0 Å². The van der Waals surface area contributed by atoms with Gasteiger partial charge >= 0.3 is 6.09 Å². The highest BCUT2D eigenvalue weighted by Crippen LogP contribution is 2.24. The Labute approximate surface area is 203 Å². The first-order valence-electron chi connectivity index (χ1n) is 11.5. The fraction of sp³-hybridized carbons (Fsp3) is 0.222. The van der Waals surface area contributed by atoms with Crippen LogP contribution in [0.1, 0.15) is 23.7 Å². The average Bonchev–Trinajstić information content (AvgIpc) is 3.38. The number of para-hydroxylation sites is 2. The number of nitrogens with one attached hydrogen (secondary N) is 3. The van der Waals surface area contributed by atoms with Crippen LogP contribution in [0.3, 0.4) is 0 Å². The van der Waals surface area contributed by atoms with E-state index in [4.69, 9.17) is 4.74 Å². The van der Waals surface area contributed by atoms with Crippen molar-refractivity contribution in [1.82, 2.24) is 20.3 Å². The highest BCUT2D eigenvalue weighted by atomic mass is 16.5. The van der Waals surface area contributed by atoms with E-state index in [1.54, 1.807) is 13.1 Å². The van der Waals surface area contributed by atoms with E-state index in [9.17, 15) is 9.59 Å². The summed E-state index contributed by atoms with van der Waals surface area (Å²) in [5.74, 6) is -0.438. The first-order chi connectivity index (χ1) is 17.0. The summed E-state index contributed by atoms with van der Waals surface area (Å²) in [6, 6.07) is 15.0. The van der Waals surface area contributed by atoms with Crippen molar-refractivity contribution in [2.24, 2.45) is 5.10 Å². The lowest BCUT2D eigenvalue weighted by Gasteiger charge is -2.16. The molecule has 0 saturated carbocycles. The van der Waals surface area contributed by atoms with E-state index in [-0.39, 0.29) is 13.0 Å². The number of rotatable bonds is 9. The summed E-state index contributed by atoms with van der Waals surface area (Å²) in [5, 5.41) is 8.91. The van der Waals surface area contributed by atoms with Gasteiger partial charge in [0.1, 0.15) is 6.04 Å². The van der Waals surface area contributed by atoms with Crippen molar-refractivity contribution in [2.75, 3.05) is 6.61 Å². The zero-order chi connectivity index (χ0) is 24.8. The Morgan fingerprint density at radius 1 is 1.17 bits per heavy atom. The first kappa shape index (κ1) is 23.8. The second kappa shape index (κ2) is 10.7. The molecule has 2 aromatic heterocycles. The van der Waals surface area contributed by atoms with E-state index in [0.717, 1.165) is 38.6 Å². The smallest absolute Gasteiger partial charge is 0.407 e. The second-order valence-electron chi connectivity index (χ2n) is 8.13. The summed E-state index contributed by atoms with van der Waals surface area (Å²) in [6.45, 7) is 8.44. The molecule has 0 aliphatic heterocycles. The summed E-state index contributed by atoms with van der Waals surface area (Å²) in [6.07, 6.45) is 4.96. The predicted molar refractivity (Wildman–Crippen MR) is 139 cm³/mol. The van der Waals surface area contributed by atoms with Crippen LogP contribution in [0.2, 0.25) is 0 Å². The SMILES string of the molecule is C=CCn1c(C)c(/C=N\NC(=O)[C@@H](Cc2c[nH]c3ccccc23)NC(=O)OCC)c2ccccc21. The summed E-state index contributed by atoms with van der Waals surface area (Å²) in [4.78, 5) is 28.4. The number of fused-ring (bicyclic) bond motifs is 2. The largest absolute Gasteiger partial charge is 0.450 e. The van der Waals surface area contributed by atoms with Gasteiger partial charge in [-0.3, -0.25) is 4.79 Å². The standard InChI is InChI=1S/C27H29N5O3/c1-4-14-32-18(3)22(21-11-7-9-13-25(21)32)17-29-31-26(33)24(30-27(34)35-5-2)15-19-16-28-23-12-8-6-10-20(19)23/h4,6-13,16-17,24,28H,1,5,14-15H2,2-3H3,(H,30,34)(H,31,33)/b29-17-/t24-/m1/s1. The number of nitrogens with zero attached hydrogens (tertiary/aromatic N) is 2. The van der Waals surface area contributed by atoms with Crippen molar-refractivity contribution in [3.63, 3.8) is 0 Å². The quantitative estimate of drug-likeness (QED) is 0.191. The van der Waals surface area contributed by atoms with E-state index < -0.39 is 18.0 Å². The molecular weight excluding hydrogens is 442 g/mol. The van der Waals surface area contributed by atoms with Crippen molar-refractivity contribution in [2.45, 2.75) is 32.9 Å². The number of aromatic nitrogens is 2. The number of carbonyl (C=O) groups excluding carboxylic acids is 2. The van der Waals surface area contributed by atoms with Crippen LogP contribution in [-0.2, 0) is 22.5 Å². The number of H-pyrrole nitrogens is 1. The van der Waals surface area contributed by atoms with E-state index in [1.165, 1.54) is 0 Å². The molecule has 0 aliphatic carbocycles. The number of hydrazone groups is 1. The molecule has 0 aliphatic rings. The molecule has 0 bridgehead atoms. The highest BCUT2D eigenvalue weighted by Gasteiger charge is 2.23. The Balaban J connectivity index is 1.56. The number of hydrogen-bond donors (Lipinski definition) is 3. The zero-order valence-corrected chi connectivity index (χ0v) is 19.9. The number of amides is 2. The molecule has 8 heteroatoms. The number of hydrogen-bond acceptors (Lipinski definition) is 4. The predicted octanol–water partition coefficient (Wildman–Crippen LogP) is 4.42. The molecule has 0 unspecified atom stereocenters. The molecule has 180 valence electrons. The normalized spacial score (nSPS) is 12.2. The Morgan fingerprint density at radius 2 is 1.91 bits per heavy atom. The van der Waals surface area contributed by atoms with Crippen LogP contribution < -0.4 is 10.7 Å². The summed E-state index contributed by atoms with van der Waals surface area (Å²) >= 11 is 0. The summed E-state index contributed by atoms with van der Waals surface area (Å²) in [5.41, 5.74) is 7.46. The van der Waals surface area contributed by atoms with Gasteiger partial charge in [-0.15, -0.1) is 6.58 Å². The maximum atomic E-state index is 13.1. The van der Waals surface area contributed by atoms with E-state index in [0.29, 0.717) is 6.54 Å². The lowest BCUT2D eigenvalue weighted by atomic mass is 10.0. The molecular formula is C27H29N5O3. The molecule has 0 saturated heterocycles. The van der Waals surface area contributed by atoms with Gasteiger partial charge in [0.05, 0.1) is 12.8 Å². The van der Waals surface area contributed by atoms with E-state index >= 15 is 0 Å². The van der Waals surface area contributed by atoms with E-state index in [1.807, 2.05) is 67.7 Å². The Morgan fingerprint density at radius 3 is 2.69 bits per heavy atom. The first-order valence-corrected chi connectivity index (χ1v) is 11.5. The number of ether oxygens (including phenoxy) is 1. The average molecular weight is 472 g/mol. The van der Waals surface area contributed by atoms with Gasteiger partial charge in [0.15, 0.2) is 0 Å². The van der Waals surface area contributed by atoms with Crippen molar-refractivity contribution in [3.05, 3.63) is 84.2 Å². The third-order valence-electron chi connectivity index (χ3n) is 5.94. The van der Waals surface area contributed by atoms with E-state index in [2.05, 4.69) is 32.0 Å². The van der Waals surface area contributed by atoms with Gasteiger partial charge in [0.25, 0.3) is 5.91 Å². The van der Waals surface area contributed by atoms with Gasteiger partial charge in [0, 0.05) is 52.2 Å². The van der Waals surface area contributed by atoms with Crippen LogP contribution in [0.15, 0.2) is 72.5 Å². The molecule has 35 heavy (non-hydrogen) atoms. The minimum Gasteiger partial charge on any atom is -0.450 e. The maximum absolute atomic E-state index is 13.1. The highest BCUT2D eigenvalue weighted by molar-refractivity contribution is 6.01. The topological polar surface area (TPSA) is 101 Å². The third-order valence-corrected chi connectivity index (χ3v) is 5.94. The minimum atomic E-state index is -0.867. The van der Waals surface area contributed by atoms with Gasteiger partial charge in [-0.05, 0) is 31.5 Å². The summed E-state index contributed by atoms with van der Waals surface area (Å²) < 4.78 is 7.15. The molecule has 2 amide bonds. The van der Waals surface area contributed by atoms with Crippen molar-refractivity contribution in [3.8, 4) is 0 Å². The van der Waals surface area contributed by atoms with Crippen LogP contribution in [0.4, 0.5) is 4.79 Å². The number of benzene rings is 2. The van der Waals surface area contributed by atoms with Gasteiger partial charge in [-0.25, -0.2) is 10.2 Å². The maximum Gasteiger partial charge on any atom is 0.407 e. The number of alkyl carbamates (subject to hydrolysis) is 1. The minimum absolute atomic E-state index is 0.208. The Kier molecular flexibility index (Phi) is 7.30.